The van der Waals surface area contributed by atoms with Crippen LogP contribution in [-0.4, -0.2) is 41.1 Å². The van der Waals surface area contributed by atoms with Crippen LogP contribution in [0.15, 0.2) is 35.5 Å². The van der Waals surface area contributed by atoms with Gasteiger partial charge >= 0.3 is 0 Å². The first-order valence-corrected chi connectivity index (χ1v) is 16.2. The van der Waals surface area contributed by atoms with Gasteiger partial charge in [-0.3, -0.25) is 9.59 Å². The number of rotatable bonds is 6. The van der Waals surface area contributed by atoms with Crippen LogP contribution < -0.4 is 0 Å². The van der Waals surface area contributed by atoms with E-state index in [4.69, 9.17) is 9.47 Å². The average molecular weight is 571 g/mol. The van der Waals surface area contributed by atoms with Gasteiger partial charge in [-0.25, -0.2) is 0 Å². The maximum absolute atomic E-state index is 11.6. The Kier molecular flexibility index (Phi) is 10.5. The lowest BCUT2D eigenvalue weighted by Gasteiger charge is -2.45. The molecule has 0 aliphatic heterocycles. The van der Waals surface area contributed by atoms with E-state index in [2.05, 4.69) is 27.7 Å². The summed E-state index contributed by atoms with van der Waals surface area (Å²) in [6, 6.07) is 0. The molecular formula is C35H54O6. The van der Waals surface area contributed by atoms with Crippen molar-refractivity contribution < 1.29 is 29.3 Å². The van der Waals surface area contributed by atoms with Gasteiger partial charge in [-0.05, 0) is 79.1 Å². The minimum absolute atomic E-state index is 0.105. The van der Waals surface area contributed by atoms with Crippen LogP contribution in [-0.2, 0) is 19.1 Å². The van der Waals surface area contributed by atoms with Crippen LogP contribution in [0.3, 0.4) is 0 Å². The van der Waals surface area contributed by atoms with Crippen LogP contribution in [0.2, 0.25) is 0 Å². The van der Waals surface area contributed by atoms with Crippen LogP contribution in [0.4, 0.5) is 0 Å². The van der Waals surface area contributed by atoms with E-state index < -0.39 is 0 Å². The number of allylic oxidation sites excluding steroid dienone is 5. The van der Waals surface area contributed by atoms with E-state index in [1.54, 1.807) is 6.08 Å². The fourth-order valence-electron chi connectivity index (χ4n) is 7.26. The lowest BCUT2D eigenvalue weighted by atomic mass is 9.61. The number of aliphatic hydroxyl groups is 2. The standard InChI is InChI=1S/C13H22O2.C13H20O2.C9H12O2/c2*1-10(2)9-15-12-6-11(14)7-13(8-12)4-3-5-13;10-7-4-8(11)6-9(5-7)2-1-3-9/h6,10-11,14H,3-5,7-9H2,1-2H3;6,10H,3-5,7-9H2,1-2H3;4,10H,1-3,5-6H2. The lowest BCUT2D eigenvalue weighted by Crippen LogP contribution is -2.37. The number of hydrogen-bond donors (Lipinski definition) is 2. The Hall–Kier alpha value is -2.08. The molecule has 230 valence electrons. The normalized spacial score (nSPS) is 26.8. The smallest absolute Gasteiger partial charge is 0.159 e. The molecule has 0 radical (unpaired) electrons. The van der Waals surface area contributed by atoms with Crippen molar-refractivity contribution in [3.05, 3.63) is 35.5 Å². The molecule has 0 saturated heterocycles. The van der Waals surface area contributed by atoms with Crippen LogP contribution >= 0.6 is 0 Å². The Labute approximate surface area is 247 Å². The van der Waals surface area contributed by atoms with Gasteiger partial charge in [0.15, 0.2) is 11.6 Å². The summed E-state index contributed by atoms with van der Waals surface area (Å²) in [4.78, 5) is 22.6. The molecule has 6 aliphatic carbocycles. The molecule has 0 bridgehead atoms. The zero-order valence-corrected chi connectivity index (χ0v) is 26.0. The van der Waals surface area contributed by atoms with Gasteiger partial charge in [0.05, 0.1) is 30.8 Å². The molecule has 0 heterocycles. The van der Waals surface area contributed by atoms with Crippen molar-refractivity contribution >= 4 is 11.6 Å². The third-order valence-corrected chi connectivity index (χ3v) is 9.87. The highest BCUT2D eigenvalue weighted by molar-refractivity contribution is 5.92. The molecule has 2 N–H and O–H groups in total. The monoisotopic (exact) mass is 570 g/mol. The Morgan fingerprint density at radius 3 is 1.63 bits per heavy atom. The number of carbonyl (C=O) groups is 2. The Morgan fingerprint density at radius 1 is 0.707 bits per heavy atom. The van der Waals surface area contributed by atoms with E-state index in [0.29, 0.717) is 29.4 Å². The minimum Gasteiger partial charge on any atom is -0.512 e. The zero-order chi connectivity index (χ0) is 29.7. The third-order valence-electron chi connectivity index (χ3n) is 9.87. The molecule has 6 aliphatic rings. The van der Waals surface area contributed by atoms with Gasteiger partial charge in [0.1, 0.15) is 5.76 Å². The number of ketones is 2. The summed E-state index contributed by atoms with van der Waals surface area (Å²) in [7, 11) is 0. The highest BCUT2D eigenvalue weighted by atomic mass is 16.5. The van der Waals surface area contributed by atoms with Gasteiger partial charge < -0.3 is 19.7 Å². The number of aliphatic hydroxyl groups excluding tert-OH is 2. The highest BCUT2D eigenvalue weighted by Gasteiger charge is 2.43. The van der Waals surface area contributed by atoms with Gasteiger partial charge in [-0.15, -0.1) is 0 Å². The highest BCUT2D eigenvalue weighted by Crippen LogP contribution is 2.52. The Bertz CT molecular complexity index is 1020. The summed E-state index contributed by atoms with van der Waals surface area (Å²) in [5, 5.41) is 19.0. The first kappa shape index (κ1) is 31.8. The summed E-state index contributed by atoms with van der Waals surface area (Å²) in [6.45, 7) is 10.1. The topological polar surface area (TPSA) is 93.1 Å². The summed E-state index contributed by atoms with van der Waals surface area (Å²) < 4.78 is 11.4. The first-order chi connectivity index (χ1) is 19.4. The maximum atomic E-state index is 11.6. The van der Waals surface area contributed by atoms with Crippen molar-refractivity contribution in [1.82, 2.24) is 0 Å². The van der Waals surface area contributed by atoms with E-state index in [9.17, 15) is 19.8 Å². The van der Waals surface area contributed by atoms with E-state index in [-0.39, 0.29) is 28.5 Å². The zero-order valence-electron chi connectivity index (χ0n) is 26.0. The molecule has 3 saturated carbocycles. The average Bonchev–Trinajstić information content (AvgIpc) is 2.83. The van der Waals surface area contributed by atoms with E-state index in [0.717, 1.165) is 69.7 Å². The van der Waals surface area contributed by atoms with E-state index in [1.165, 1.54) is 51.0 Å². The molecule has 3 spiro atoms. The summed E-state index contributed by atoms with van der Waals surface area (Å²) in [6.07, 6.45) is 20.9. The van der Waals surface area contributed by atoms with Gasteiger partial charge in [0.2, 0.25) is 0 Å². The second kappa shape index (κ2) is 13.5. The summed E-state index contributed by atoms with van der Waals surface area (Å²) >= 11 is 0. The number of carbonyl (C=O) groups excluding carboxylic acids is 2. The molecule has 0 aromatic rings. The Balaban J connectivity index is 0.000000144. The fourth-order valence-corrected chi connectivity index (χ4v) is 7.26. The molecular weight excluding hydrogens is 516 g/mol. The molecule has 6 heteroatoms. The van der Waals surface area contributed by atoms with Gasteiger partial charge in [-0.1, -0.05) is 47.0 Å². The molecule has 6 nitrogen and oxygen atoms in total. The van der Waals surface area contributed by atoms with Crippen LogP contribution in [0, 0.1) is 28.1 Å². The molecule has 1 atom stereocenters. The summed E-state index contributed by atoms with van der Waals surface area (Å²) in [5.74, 6) is 3.71. The van der Waals surface area contributed by atoms with Gasteiger partial charge in [0.25, 0.3) is 0 Å². The van der Waals surface area contributed by atoms with Crippen molar-refractivity contribution in [1.29, 1.82) is 0 Å². The molecule has 3 fully saturated rings. The minimum atomic E-state index is -0.277. The second-order valence-corrected chi connectivity index (χ2v) is 14.9. The van der Waals surface area contributed by atoms with Crippen molar-refractivity contribution in [2.45, 2.75) is 130 Å². The van der Waals surface area contributed by atoms with E-state index >= 15 is 0 Å². The van der Waals surface area contributed by atoms with Crippen molar-refractivity contribution in [2.24, 2.45) is 28.1 Å². The quantitative estimate of drug-likeness (QED) is 0.337. The van der Waals surface area contributed by atoms with E-state index in [1.807, 2.05) is 6.08 Å². The molecule has 6 rings (SSSR count). The largest absolute Gasteiger partial charge is 0.512 e. The fraction of sp³-hybridized carbons (Fsp3) is 0.771. The van der Waals surface area contributed by atoms with Crippen molar-refractivity contribution in [3.63, 3.8) is 0 Å². The van der Waals surface area contributed by atoms with Gasteiger partial charge in [0, 0.05) is 44.3 Å². The summed E-state index contributed by atoms with van der Waals surface area (Å²) in [5.41, 5.74) is 0.856. The molecule has 0 aromatic carbocycles. The Morgan fingerprint density at radius 2 is 1.17 bits per heavy atom. The number of hydrogen-bond acceptors (Lipinski definition) is 6. The molecule has 0 amide bonds. The second-order valence-electron chi connectivity index (χ2n) is 14.9. The van der Waals surface area contributed by atoms with Crippen molar-refractivity contribution in [2.75, 3.05) is 13.2 Å². The predicted octanol–water partition coefficient (Wildman–Crippen LogP) is 7.91. The molecule has 1 unspecified atom stereocenters. The molecule has 0 aromatic heterocycles. The van der Waals surface area contributed by atoms with Gasteiger partial charge in [-0.2, -0.15) is 0 Å². The third kappa shape index (κ3) is 8.95. The first-order valence-electron chi connectivity index (χ1n) is 16.2. The van der Waals surface area contributed by atoms with Crippen molar-refractivity contribution in [3.8, 4) is 0 Å². The molecule has 41 heavy (non-hydrogen) atoms. The lowest BCUT2D eigenvalue weighted by molar-refractivity contribution is -0.120. The van der Waals surface area contributed by atoms with Crippen LogP contribution in [0.1, 0.15) is 124 Å². The predicted molar refractivity (Wildman–Crippen MR) is 161 cm³/mol. The van der Waals surface area contributed by atoms with Crippen LogP contribution in [0.25, 0.3) is 0 Å². The van der Waals surface area contributed by atoms with Crippen LogP contribution in [0.5, 0.6) is 0 Å². The number of ether oxygens (including phenoxy) is 2. The SMILES string of the molecule is CC(C)COC1=CC(=O)CC2(CCC2)C1.CC(C)COC1=CC(O)CC2(CCC2)C1.O=C1C=C(O)CC2(CCC2)C1. The maximum Gasteiger partial charge on any atom is 0.159 e.